The van der Waals surface area contributed by atoms with Crippen LogP contribution in [0.1, 0.15) is 52.4 Å². The van der Waals surface area contributed by atoms with Crippen LogP contribution in [0.25, 0.3) is 0 Å². The molecular formula is C14H27N3O2. The van der Waals surface area contributed by atoms with E-state index in [-0.39, 0.29) is 11.7 Å². The number of nitrogens with zero attached hydrogens (tertiary/aromatic N) is 2. The van der Waals surface area contributed by atoms with Crippen LogP contribution < -0.4 is 5.73 Å². The third-order valence-corrected chi connectivity index (χ3v) is 4.15. The molecule has 0 aromatic heterocycles. The van der Waals surface area contributed by atoms with Crippen molar-refractivity contribution in [2.75, 3.05) is 7.05 Å². The van der Waals surface area contributed by atoms with Crippen molar-refractivity contribution in [2.45, 2.75) is 58.4 Å². The molecule has 5 nitrogen and oxygen atoms in total. The van der Waals surface area contributed by atoms with E-state index in [1.165, 1.54) is 12.8 Å². The fraction of sp³-hybridized carbons (Fsp3) is 0.857. The zero-order chi connectivity index (χ0) is 14.4. The molecule has 0 radical (unpaired) electrons. The topological polar surface area (TPSA) is 78.9 Å². The van der Waals surface area contributed by atoms with Crippen LogP contribution in [0, 0.1) is 11.8 Å². The van der Waals surface area contributed by atoms with Crippen LogP contribution in [0.5, 0.6) is 0 Å². The molecule has 1 aliphatic carbocycles. The smallest absolute Gasteiger partial charge is 0.233 e. The second-order valence-electron chi connectivity index (χ2n) is 5.74. The average Bonchev–Trinajstić information content (AvgIpc) is 2.42. The molecule has 110 valence electrons. The Morgan fingerprint density at radius 3 is 2.74 bits per heavy atom. The lowest BCUT2D eigenvalue weighted by atomic mass is 9.85. The lowest BCUT2D eigenvalue weighted by Crippen LogP contribution is -2.46. The molecule has 0 spiro atoms. The number of amides is 1. The van der Waals surface area contributed by atoms with Gasteiger partial charge in [0.1, 0.15) is 0 Å². The van der Waals surface area contributed by atoms with Gasteiger partial charge in [0, 0.05) is 13.1 Å². The average molecular weight is 269 g/mol. The third kappa shape index (κ3) is 4.11. The maximum absolute atomic E-state index is 12.5. The maximum Gasteiger partial charge on any atom is 0.233 e. The van der Waals surface area contributed by atoms with Gasteiger partial charge in [-0.2, -0.15) is 0 Å². The SMILES string of the molecule is CCCC(C(=O)N(C)C1CCCC(C)C1)C(N)=NO. The normalized spacial score (nSPS) is 25.9. The van der Waals surface area contributed by atoms with Gasteiger partial charge in [0.2, 0.25) is 5.91 Å². The van der Waals surface area contributed by atoms with Crippen molar-refractivity contribution in [2.24, 2.45) is 22.7 Å². The monoisotopic (exact) mass is 269 g/mol. The number of nitrogens with two attached hydrogens (primary N) is 1. The Balaban J connectivity index is 2.72. The molecule has 5 heteroatoms. The summed E-state index contributed by atoms with van der Waals surface area (Å²) < 4.78 is 0. The van der Waals surface area contributed by atoms with E-state index in [1.807, 2.05) is 18.9 Å². The zero-order valence-corrected chi connectivity index (χ0v) is 12.3. The van der Waals surface area contributed by atoms with Crippen LogP contribution >= 0.6 is 0 Å². The van der Waals surface area contributed by atoms with E-state index >= 15 is 0 Å². The van der Waals surface area contributed by atoms with Gasteiger partial charge < -0.3 is 15.8 Å². The van der Waals surface area contributed by atoms with Crippen LogP contribution in [-0.2, 0) is 4.79 Å². The van der Waals surface area contributed by atoms with Gasteiger partial charge in [0.05, 0.1) is 5.92 Å². The quantitative estimate of drug-likeness (QED) is 0.347. The number of hydrogen-bond donors (Lipinski definition) is 2. The molecule has 1 rings (SSSR count). The van der Waals surface area contributed by atoms with Crippen LogP contribution in [0.3, 0.4) is 0 Å². The number of carbonyl (C=O) groups excluding carboxylic acids is 1. The predicted octanol–water partition coefficient (Wildman–Crippen LogP) is 2.19. The maximum atomic E-state index is 12.5. The largest absolute Gasteiger partial charge is 0.409 e. The second-order valence-corrected chi connectivity index (χ2v) is 5.74. The molecule has 0 aromatic carbocycles. The van der Waals surface area contributed by atoms with Gasteiger partial charge >= 0.3 is 0 Å². The molecule has 0 aromatic rings. The first-order valence-corrected chi connectivity index (χ1v) is 7.25. The minimum atomic E-state index is -0.489. The third-order valence-electron chi connectivity index (χ3n) is 4.15. The fourth-order valence-corrected chi connectivity index (χ4v) is 2.94. The summed E-state index contributed by atoms with van der Waals surface area (Å²) in [7, 11) is 1.85. The van der Waals surface area contributed by atoms with Gasteiger partial charge in [-0.3, -0.25) is 4.79 Å². The summed E-state index contributed by atoms with van der Waals surface area (Å²) >= 11 is 0. The molecular weight excluding hydrogens is 242 g/mol. The number of amidine groups is 1. The van der Waals surface area contributed by atoms with Gasteiger partial charge in [-0.15, -0.1) is 0 Å². The molecule has 1 amide bonds. The van der Waals surface area contributed by atoms with E-state index < -0.39 is 5.92 Å². The standard InChI is InChI=1S/C14H27N3O2/c1-4-6-12(13(15)16-19)14(18)17(3)11-8-5-7-10(2)9-11/h10-12,19H,4-9H2,1-3H3,(H2,15,16). The molecule has 1 aliphatic rings. The first-order chi connectivity index (χ1) is 9.01. The van der Waals surface area contributed by atoms with E-state index in [0.29, 0.717) is 18.4 Å². The first kappa shape index (κ1) is 15.8. The molecule has 1 fully saturated rings. The lowest BCUT2D eigenvalue weighted by Gasteiger charge is -2.35. The fourth-order valence-electron chi connectivity index (χ4n) is 2.94. The van der Waals surface area contributed by atoms with Crippen LogP contribution in [0.15, 0.2) is 5.16 Å². The Labute approximate surface area is 115 Å². The molecule has 0 saturated heterocycles. The minimum Gasteiger partial charge on any atom is -0.409 e. The Morgan fingerprint density at radius 2 is 2.21 bits per heavy atom. The Hall–Kier alpha value is -1.26. The Morgan fingerprint density at radius 1 is 1.53 bits per heavy atom. The van der Waals surface area contributed by atoms with Crippen molar-refractivity contribution in [1.29, 1.82) is 0 Å². The highest BCUT2D eigenvalue weighted by Gasteiger charge is 2.31. The molecule has 3 atom stereocenters. The highest BCUT2D eigenvalue weighted by atomic mass is 16.4. The van der Waals surface area contributed by atoms with E-state index in [2.05, 4.69) is 12.1 Å². The highest BCUT2D eigenvalue weighted by molar-refractivity contribution is 6.02. The van der Waals surface area contributed by atoms with Crippen molar-refractivity contribution in [3.63, 3.8) is 0 Å². The van der Waals surface area contributed by atoms with Crippen LogP contribution in [0.4, 0.5) is 0 Å². The van der Waals surface area contributed by atoms with E-state index in [0.717, 1.165) is 19.3 Å². The lowest BCUT2D eigenvalue weighted by molar-refractivity contribution is -0.135. The van der Waals surface area contributed by atoms with Gasteiger partial charge in [-0.05, 0) is 25.2 Å². The van der Waals surface area contributed by atoms with Gasteiger partial charge in [-0.25, -0.2) is 0 Å². The summed E-state index contributed by atoms with van der Waals surface area (Å²) in [4.78, 5) is 14.3. The summed E-state index contributed by atoms with van der Waals surface area (Å²) in [5.41, 5.74) is 5.65. The minimum absolute atomic E-state index is 0.0174. The summed E-state index contributed by atoms with van der Waals surface area (Å²) in [6, 6.07) is 0.294. The molecule has 3 N–H and O–H groups in total. The van der Waals surface area contributed by atoms with Gasteiger partial charge in [-0.1, -0.05) is 38.3 Å². The predicted molar refractivity (Wildman–Crippen MR) is 76.0 cm³/mol. The first-order valence-electron chi connectivity index (χ1n) is 7.25. The molecule has 1 saturated carbocycles. The summed E-state index contributed by atoms with van der Waals surface area (Å²) in [6.07, 6.45) is 5.99. The number of hydrogen-bond acceptors (Lipinski definition) is 3. The van der Waals surface area contributed by atoms with Crippen molar-refractivity contribution in [3.8, 4) is 0 Å². The summed E-state index contributed by atoms with van der Waals surface area (Å²) in [6.45, 7) is 4.23. The second kappa shape index (κ2) is 7.36. The molecule has 3 unspecified atom stereocenters. The van der Waals surface area contributed by atoms with Crippen LogP contribution in [-0.4, -0.2) is 34.9 Å². The summed E-state index contributed by atoms with van der Waals surface area (Å²) in [5.74, 6) is 0.193. The summed E-state index contributed by atoms with van der Waals surface area (Å²) in [5, 5.41) is 11.8. The van der Waals surface area contributed by atoms with E-state index in [4.69, 9.17) is 10.9 Å². The molecule has 0 bridgehead atoms. The molecule has 0 aliphatic heterocycles. The van der Waals surface area contributed by atoms with E-state index in [1.54, 1.807) is 0 Å². The van der Waals surface area contributed by atoms with Crippen LogP contribution in [0.2, 0.25) is 0 Å². The van der Waals surface area contributed by atoms with Crippen molar-refractivity contribution < 1.29 is 10.0 Å². The van der Waals surface area contributed by atoms with Crippen molar-refractivity contribution in [1.82, 2.24) is 4.90 Å². The zero-order valence-electron chi connectivity index (χ0n) is 12.3. The van der Waals surface area contributed by atoms with Crippen molar-refractivity contribution in [3.05, 3.63) is 0 Å². The van der Waals surface area contributed by atoms with Gasteiger partial charge in [0.15, 0.2) is 5.84 Å². The number of carbonyl (C=O) groups is 1. The molecule has 19 heavy (non-hydrogen) atoms. The highest BCUT2D eigenvalue weighted by Crippen LogP contribution is 2.27. The Bertz CT molecular complexity index is 331. The number of oxime groups is 1. The van der Waals surface area contributed by atoms with E-state index in [9.17, 15) is 4.79 Å². The van der Waals surface area contributed by atoms with Gasteiger partial charge in [0.25, 0.3) is 0 Å². The van der Waals surface area contributed by atoms with Crippen molar-refractivity contribution >= 4 is 11.7 Å². The Kier molecular flexibility index (Phi) is 6.12. The number of rotatable bonds is 5. The molecule has 0 heterocycles.